The Bertz CT molecular complexity index is 1060. The highest BCUT2D eigenvalue weighted by atomic mass is 35.5. The lowest BCUT2D eigenvalue weighted by molar-refractivity contribution is -0.127. The van der Waals surface area contributed by atoms with Gasteiger partial charge in [0, 0.05) is 54.5 Å². The Kier molecular flexibility index (Phi) is 6.32. The average Bonchev–Trinajstić information content (AvgIpc) is 2.95. The van der Waals surface area contributed by atoms with Crippen LogP contribution in [0.5, 0.6) is 0 Å². The van der Waals surface area contributed by atoms with Crippen molar-refractivity contribution in [3.05, 3.63) is 74.7 Å². The van der Waals surface area contributed by atoms with E-state index in [-0.39, 0.29) is 36.1 Å². The molecule has 6 nitrogen and oxygen atoms in total. The fourth-order valence-electron chi connectivity index (χ4n) is 5.20. The van der Waals surface area contributed by atoms with Crippen LogP contribution in [0.25, 0.3) is 6.08 Å². The summed E-state index contributed by atoms with van der Waals surface area (Å²) in [5.41, 5.74) is 2.44. The van der Waals surface area contributed by atoms with Crippen molar-refractivity contribution in [2.75, 3.05) is 13.2 Å². The molecule has 31 heavy (non-hydrogen) atoms. The SMILES string of the molecule is C/C=C\c1ccc2n(c1=O)C[C@H]1[C@H](CO)[C@@H](C(=O)NCC)[C@@H]2N1Cc1cccc(Cl)c1. The molecule has 0 aliphatic carbocycles. The molecule has 2 aliphatic heterocycles. The van der Waals surface area contributed by atoms with Crippen LogP contribution in [0.4, 0.5) is 0 Å². The number of amides is 1. The van der Waals surface area contributed by atoms with Gasteiger partial charge in [-0.1, -0.05) is 35.9 Å². The largest absolute Gasteiger partial charge is 0.396 e. The molecule has 1 saturated heterocycles. The van der Waals surface area contributed by atoms with Crippen LogP contribution in [-0.4, -0.2) is 39.7 Å². The second-order valence-electron chi connectivity index (χ2n) is 8.21. The third-order valence-electron chi connectivity index (χ3n) is 6.45. The lowest BCUT2D eigenvalue weighted by Gasteiger charge is -2.38. The average molecular weight is 442 g/mol. The first-order valence-corrected chi connectivity index (χ1v) is 11.1. The van der Waals surface area contributed by atoms with E-state index in [1.165, 1.54) is 0 Å². The quantitative estimate of drug-likeness (QED) is 0.722. The van der Waals surface area contributed by atoms with Crippen molar-refractivity contribution in [2.45, 2.75) is 39.0 Å². The highest BCUT2D eigenvalue weighted by molar-refractivity contribution is 6.30. The Morgan fingerprint density at radius 1 is 1.32 bits per heavy atom. The maximum atomic E-state index is 13.1. The number of carbonyl (C=O) groups excluding carboxylic acids is 1. The Hall–Kier alpha value is -2.41. The van der Waals surface area contributed by atoms with Gasteiger partial charge in [-0.2, -0.15) is 0 Å². The van der Waals surface area contributed by atoms with Crippen LogP contribution in [0.3, 0.4) is 0 Å². The number of aromatic nitrogens is 1. The van der Waals surface area contributed by atoms with Crippen molar-refractivity contribution >= 4 is 23.6 Å². The lowest BCUT2D eigenvalue weighted by Crippen LogP contribution is -2.46. The number of fused-ring (bicyclic) bond motifs is 4. The Morgan fingerprint density at radius 3 is 2.81 bits per heavy atom. The number of hydrogen-bond acceptors (Lipinski definition) is 4. The van der Waals surface area contributed by atoms with Gasteiger partial charge in [0.1, 0.15) is 0 Å². The zero-order valence-electron chi connectivity index (χ0n) is 17.8. The number of allylic oxidation sites excluding steroid dienone is 1. The molecule has 1 aromatic heterocycles. The van der Waals surface area contributed by atoms with E-state index in [1.54, 1.807) is 10.6 Å². The van der Waals surface area contributed by atoms with Gasteiger partial charge in [0.05, 0.1) is 12.0 Å². The number of pyridine rings is 1. The van der Waals surface area contributed by atoms with E-state index in [4.69, 9.17) is 11.6 Å². The summed E-state index contributed by atoms with van der Waals surface area (Å²) in [7, 11) is 0. The molecule has 0 unspecified atom stereocenters. The maximum absolute atomic E-state index is 13.1. The maximum Gasteiger partial charge on any atom is 0.258 e. The van der Waals surface area contributed by atoms with E-state index in [0.717, 1.165) is 11.3 Å². The molecule has 4 rings (SSSR count). The minimum Gasteiger partial charge on any atom is -0.396 e. The second-order valence-corrected chi connectivity index (χ2v) is 8.65. The molecule has 2 bridgehead atoms. The van der Waals surface area contributed by atoms with Crippen molar-refractivity contribution in [1.82, 2.24) is 14.8 Å². The monoisotopic (exact) mass is 441 g/mol. The fourth-order valence-corrected chi connectivity index (χ4v) is 5.42. The third-order valence-corrected chi connectivity index (χ3v) is 6.69. The van der Waals surface area contributed by atoms with E-state index in [2.05, 4.69) is 10.2 Å². The summed E-state index contributed by atoms with van der Waals surface area (Å²) in [5, 5.41) is 13.9. The Morgan fingerprint density at radius 2 is 2.13 bits per heavy atom. The zero-order valence-corrected chi connectivity index (χ0v) is 18.5. The van der Waals surface area contributed by atoms with Crippen molar-refractivity contribution in [3.8, 4) is 0 Å². The van der Waals surface area contributed by atoms with Gasteiger partial charge in [-0.05, 0) is 43.7 Å². The van der Waals surface area contributed by atoms with Crippen molar-refractivity contribution in [2.24, 2.45) is 11.8 Å². The summed E-state index contributed by atoms with van der Waals surface area (Å²) < 4.78 is 1.79. The third kappa shape index (κ3) is 3.84. The van der Waals surface area contributed by atoms with Gasteiger partial charge in [-0.3, -0.25) is 14.5 Å². The lowest BCUT2D eigenvalue weighted by atomic mass is 9.86. The Balaban J connectivity index is 1.83. The predicted molar refractivity (Wildman–Crippen MR) is 122 cm³/mol. The first-order valence-electron chi connectivity index (χ1n) is 10.7. The summed E-state index contributed by atoms with van der Waals surface area (Å²) >= 11 is 6.20. The van der Waals surface area contributed by atoms with E-state index in [1.807, 2.05) is 56.3 Å². The molecular weight excluding hydrogens is 414 g/mol. The van der Waals surface area contributed by atoms with Crippen LogP contribution in [0, 0.1) is 11.8 Å². The number of hydrogen-bond donors (Lipinski definition) is 2. The van der Waals surface area contributed by atoms with Crippen LogP contribution >= 0.6 is 11.6 Å². The predicted octanol–water partition coefficient (Wildman–Crippen LogP) is 2.83. The van der Waals surface area contributed by atoms with Crippen LogP contribution in [0.2, 0.25) is 5.02 Å². The van der Waals surface area contributed by atoms with Gasteiger partial charge in [-0.15, -0.1) is 0 Å². The normalized spacial score (nSPS) is 25.0. The standard InChI is InChI=1S/C24H28ClN3O3/c1-3-6-16-9-10-19-22-21(23(30)26-4-2)18(14-29)20(13-28(19)24(16)31)27(22)12-15-7-5-8-17(25)11-15/h3,5-11,18,20-22,29H,4,12-14H2,1-2H3,(H,26,30)/b6-3-/t18-,20-,21+,22+/m0/s1. The molecule has 1 fully saturated rings. The van der Waals surface area contributed by atoms with E-state index in [0.29, 0.717) is 30.2 Å². The van der Waals surface area contributed by atoms with E-state index < -0.39 is 5.92 Å². The van der Waals surface area contributed by atoms with E-state index in [9.17, 15) is 14.7 Å². The number of aliphatic hydroxyl groups excluding tert-OH is 1. The number of nitrogens with one attached hydrogen (secondary N) is 1. The van der Waals surface area contributed by atoms with Crippen molar-refractivity contribution in [1.29, 1.82) is 0 Å². The topological polar surface area (TPSA) is 74.6 Å². The molecule has 164 valence electrons. The molecule has 2 N–H and O–H groups in total. The van der Waals surface area contributed by atoms with Gasteiger partial charge < -0.3 is 15.0 Å². The van der Waals surface area contributed by atoms with Crippen LogP contribution in [-0.2, 0) is 17.9 Å². The minimum atomic E-state index is -0.435. The number of rotatable bonds is 6. The summed E-state index contributed by atoms with van der Waals surface area (Å²) in [4.78, 5) is 28.5. The molecule has 7 heteroatoms. The van der Waals surface area contributed by atoms with Crippen LogP contribution in [0.15, 0.2) is 47.3 Å². The van der Waals surface area contributed by atoms with Crippen molar-refractivity contribution in [3.63, 3.8) is 0 Å². The molecular formula is C24H28ClN3O3. The molecule has 1 aromatic carbocycles. The highest BCUT2D eigenvalue weighted by Gasteiger charge is 2.55. The molecule has 2 aliphatic rings. The number of benzene rings is 1. The Labute approximate surface area is 187 Å². The number of halogens is 1. The summed E-state index contributed by atoms with van der Waals surface area (Å²) in [6, 6.07) is 11.0. The number of nitrogens with zero attached hydrogens (tertiary/aromatic N) is 2. The zero-order chi connectivity index (χ0) is 22.1. The van der Waals surface area contributed by atoms with E-state index >= 15 is 0 Å². The van der Waals surface area contributed by atoms with Crippen LogP contribution in [0.1, 0.15) is 36.7 Å². The summed E-state index contributed by atoms with van der Waals surface area (Å²) in [6.07, 6.45) is 3.65. The first kappa shape index (κ1) is 21.8. The number of aliphatic hydroxyl groups is 1. The molecule has 1 amide bonds. The van der Waals surface area contributed by atoms with Gasteiger partial charge in [0.15, 0.2) is 0 Å². The molecule has 0 radical (unpaired) electrons. The summed E-state index contributed by atoms with van der Waals surface area (Å²) in [6.45, 7) is 5.21. The van der Waals surface area contributed by atoms with Gasteiger partial charge >= 0.3 is 0 Å². The molecule has 0 spiro atoms. The first-order chi connectivity index (χ1) is 15.0. The minimum absolute atomic E-state index is 0.0544. The molecule has 3 heterocycles. The smallest absolute Gasteiger partial charge is 0.258 e. The molecule has 2 aromatic rings. The number of carbonyl (C=O) groups is 1. The molecule has 0 saturated carbocycles. The van der Waals surface area contributed by atoms with Gasteiger partial charge in [0.25, 0.3) is 5.56 Å². The summed E-state index contributed by atoms with van der Waals surface area (Å²) in [5.74, 6) is -0.779. The van der Waals surface area contributed by atoms with Gasteiger partial charge in [-0.25, -0.2) is 0 Å². The van der Waals surface area contributed by atoms with Crippen molar-refractivity contribution < 1.29 is 9.90 Å². The fraction of sp³-hybridized carbons (Fsp3) is 0.417. The second kappa shape index (κ2) is 8.99. The van der Waals surface area contributed by atoms with Crippen LogP contribution < -0.4 is 10.9 Å². The molecule has 4 atom stereocenters. The highest BCUT2D eigenvalue weighted by Crippen LogP contribution is 2.49. The van der Waals surface area contributed by atoms with Gasteiger partial charge in [0.2, 0.25) is 5.91 Å².